The van der Waals surface area contributed by atoms with Crippen LogP contribution in [-0.2, 0) is 0 Å². The van der Waals surface area contributed by atoms with Crippen molar-refractivity contribution < 1.29 is 0 Å². The molecule has 0 radical (unpaired) electrons. The minimum absolute atomic E-state index is 0.509. The molecule has 1 rings (SSSR count). The van der Waals surface area contributed by atoms with Gasteiger partial charge >= 0.3 is 0 Å². The Morgan fingerprint density at radius 3 is 1.70 bits per heavy atom. The van der Waals surface area contributed by atoms with Gasteiger partial charge in [0, 0.05) is 25.2 Å². The highest BCUT2D eigenvalue weighted by Gasteiger charge is 2.23. The van der Waals surface area contributed by atoms with E-state index >= 15 is 0 Å². The molecule has 3 heteroatoms. The second-order valence-electron chi connectivity index (χ2n) is 6.48. The van der Waals surface area contributed by atoms with Crippen molar-refractivity contribution in [3.8, 4) is 0 Å². The summed E-state index contributed by atoms with van der Waals surface area (Å²) in [5.74, 6) is 1.23. The van der Waals surface area contributed by atoms with Crippen molar-refractivity contribution in [1.82, 2.24) is 9.80 Å². The minimum Gasteiger partial charge on any atom is -0.341 e. The van der Waals surface area contributed by atoms with Crippen LogP contribution in [-0.4, -0.2) is 47.0 Å². The van der Waals surface area contributed by atoms with E-state index in [1.54, 1.807) is 0 Å². The summed E-state index contributed by atoms with van der Waals surface area (Å²) < 4.78 is 0. The molecule has 0 N–H and O–H groups in total. The van der Waals surface area contributed by atoms with E-state index in [-0.39, 0.29) is 0 Å². The van der Waals surface area contributed by atoms with E-state index in [1.807, 2.05) is 0 Å². The molecular formula is C17H35N3. The Kier molecular flexibility index (Phi) is 7.39. The van der Waals surface area contributed by atoms with Crippen molar-refractivity contribution in [2.75, 3.05) is 13.1 Å². The number of rotatable bonds is 5. The maximum atomic E-state index is 5.19. The van der Waals surface area contributed by atoms with Gasteiger partial charge in [-0.15, -0.1) is 0 Å². The fourth-order valence-corrected chi connectivity index (χ4v) is 3.16. The topological polar surface area (TPSA) is 18.8 Å². The fraction of sp³-hybridized carbons (Fsp3) is 0.941. The van der Waals surface area contributed by atoms with Crippen molar-refractivity contribution >= 4 is 5.96 Å². The van der Waals surface area contributed by atoms with Gasteiger partial charge in [0.1, 0.15) is 0 Å². The van der Waals surface area contributed by atoms with Crippen molar-refractivity contribution in [2.24, 2.45) is 4.99 Å². The number of hydrogen-bond donors (Lipinski definition) is 0. The number of guanidine groups is 1. The molecule has 0 aromatic carbocycles. The SMILES string of the molecule is CCN(C(=NC1CCCCC1)N(CC)C(C)C)C(C)C. The zero-order valence-corrected chi connectivity index (χ0v) is 14.5. The first kappa shape index (κ1) is 17.3. The lowest BCUT2D eigenvalue weighted by Gasteiger charge is -2.39. The van der Waals surface area contributed by atoms with E-state index in [0.29, 0.717) is 18.1 Å². The van der Waals surface area contributed by atoms with E-state index in [4.69, 9.17) is 4.99 Å². The molecule has 0 bridgehead atoms. The summed E-state index contributed by atoms with van der Waals surface area (Å²) in [6.45, 7) is 15.6. The third-order valence-corrected chi connectivity index (χ3v) is 4.31. The van der Waals surface area contributed by atoms with Gasteiger partial charge in [-0.25, -0.2) is 4.99 Å². The van der Waals surface area contributed by atoms with Crippen molar-refractivity contribution in [3.63, 3.8) is 0 Å². The third kappa shape index (κ3) is 4.68. The molecule has 0 atom stereocenters. The zero-order chi connectivity index (χ0) is 15.1. The predicted molar refractivity (Wildman–Crippen MR) is 89.3 cm³/mol. The molecule has 1 aliphatic carbocycles. The minimum atomic E-state index is 0.509. The summed E-state index contributed by atoms with van der Waals surface area (Å²) in [6.07, 6.45) is 6.64. The first-order valence-corrected chi connectivity index (χ1v) is 8.62. The van der Waals surface area contributed by atoms with Gasteiger partial charge in [-0.3, -0.25) is 0 Å². The Bertz CT molecular complexity index is 273. The summed E-state index contributed by atoms with van der Waals surface area (Å²) >= 11 is 0. The molecule has 0 unspecified atom stereocenters. The van der Waals surface area contributed by atoms with Gasteiger partial charge in [0.05, 0.1) is 6.04 Å². The Hall–Kier alpha value is -0.730. The van der Waals surface area contributed by atoms with E-state index in [2.05, 4.69) is 51.3 Å². The van der Waals surface area contributed by atoms with Gasteiger partial charge in [-0.2, -0.15) is 0 Å². The van der Waals surface area contributed by atoms with E-state index < -0.39 is 0 Å². The predicted octanol–water partition coefficient (Wildman–Crippen LogP) is 4.14. The van der Waals surface area contributed by atoms with E-state index in [0.717, 1.165) is 13.1 Å². The monoisotopic (exact) mass is 281 g/mol. The highest BCUT2D eigenvalue weighted by atomic mass is 15.4. The Balaban J connectivity index is 3.00. The average Bonchev–Trinajstić information content (AvgIpc) is 2.40. The molecule has 118 valence electrons. The van der Waals surface area contributed by atoms with Gasteiger partial charge in [0.15, 0.2) is 5.96 Å². The molecule has 1 fully saturated rings. The molecule has 0 aliphatic heterocycles. The lowest BCUT2D eigenvalue weighted by molar-refractivity contribution is 0.261. The molecule has 0 spiro atoms. The van der Waals surface area contributed by atoms with Gasteiger partial charge in [-0.1, -0.05) is 19.3 Å². The maximum absolute atomic E-state index is 5.19. The quantitative estimate of drug-likeness (QED) is 0.557. The third-order valence-electron chi connectivity index (χ3n) is 4.31. The van der Waals surface area contributed by atoms with Crippen LogP contribution in [0.4, 0.5) is 0 Å². The molecule has 0 saturated heterocycles. The Morgan fingerprint density at radius 2 is 1.35 bits per heavy atom. The highest BCUT2D eigenvalue weighted by molar-refractivity contribution is 5.81. The first-order chi connectivity index (χ1) is 9.51. The van der Waals surface area contributed by atoms with Crippen LogP contribution in [0.1, 0.15) is 73.6 Å². The van der Waals surface area contributed by atoms with Crippen LogP contribution in [0, 0.1) is 0 Å². The molecule has 0 aromatic rings. The molecule has 0 heterocycles. The van der Waals surface area contributed by atoms with Crippen LogP contribution < -0.4 is 0 Å². The summed E-state index contributed by atoms with van der Waals surface area (Å²) in [5.41, 5.74) is 0. The van der Waals surface area contributed by atoms with Crippen LogP contribution in [0.2, 0.25) is 0 Å². The second-order valence-corrected chi connectivity index (χ2v) is 6.48. The Morgan fingerprint density at radius 1 is 0.900 bits per heavy atom. The van der Waals surface area contributed by atoms with Crippen molar-refractivity contribution in [2.45, 2.75) is 91.8 Å². The number of nitrogens with zero attached hydrogens (tertiary/aromatic N) is 3. The number of aliphatic imine (C=N–C) groups is 1. The van der Waals surface area contributed by atoms with Crippen molar-refractivity contribution in [1.29, 1.82) is 0 Å². The summed E-state index contributed by atoms with van der Waals surface area (Å²) in [4.78, 5) is 10.1. The van der Waals surface area contributed by atoms with E-state index in [1.165, 1.54) is 38.1 Å². The molecule has 20 heavy (non-hydrogen) atoms. The summed E-state index contributed by atoms with van der Waals surface area (Å²) in [6, 6.07) is 1.56. The highest BCUT2D eigenvalue weighted by Crippen LogP contribution is 2.22. The standard InChI is InChI=1S/C17H35N3/c1-7-19(14(3)4)17(20(8-2)15(5)6)18-16-12-10-9-11-13-16/h14-16H,7-13H2,1-6H3. The second kappa shape index (κ2) is 8.53. The van der Waals surface area contributed by atoms with Crippen LogP contribution in [0.25, 0.3) is 0 Å². The molecule has 1 saturated carbocycles. The normalized spacial score (nSPS) is 16.6. The zero-order valence-electron chi connectivity index (χ0n) is 14.5. The molecule has 1 aliphatic rings. The molecule has 0 amide bonds. The largest absolute Gasteiger partial charge is 0.341 e. The van der Waals surface area contributed by atoms with Gasteiger partial charge in [-0.05, 0) is 54.4 Å². The summed E-state index contributed by atoms with van der Waals surface area (Å²) in [5, 5.41) is 0. The molecule has 3 nitrogen and oxygen atoms in total. The lowest BCUT2D eigenvalue weighted by Crippen LogP contribution is -2.50. The average molecular weight is 281 g/mol. The van der Waals surface area contributed by atoms with Gasteiger partial charge in [0.25, 0.3) is 0 Å². The van der Waals surface area contributed by atoms with Crippen LogP contribution >= 0.6 is 0 Å². The van der Waals surface area contributed by atoms with E-state index in [9.17, 15) is 0 Å². The number of hydrogen-bond acceptors (Lipinski definition) is 1. The van der Waals surface area contributed by atoms with Crippen molar-refractivity contribution in [3.05, 3.63) is 0 Å². The molecular weight excluding hydrogens is 246 g/mol. The lowest BCUT2D eigenvalue weighted by atomic mass is 9.96. The maximum Gasteiger partial charge on any atom is 0.197 e. The fourth-order valence-electron chi connectivity index (χ4n) is 3.16. The Labute approximate surface area is 126 Å². The first-order valence-electron chi connectivity index (χ1n) is 8.62. The smallest absolute Gasteiger partial charge is 0.197 e. The van der Waals surface area contributed by atoms with Gasteiger partial charge < -0.3 is 9.80 Å². The van der Waals surface area contributed by atoms with Gasteiger partial charge in [0.2, 0.25) is 0 Å². The molecule has 0 aromatic heterocycles. The van der Waals surface area contributed by atoms with Crippen LogP contribution in [0.15, 0.2) is 4.99 Å². The summed E-state index contributed by atoms with van der Waals surface area (Å²) in [7, 11) is 0. The van der Waals surface area contributed by atoms with Crippen LogP contribution in [0.3, 0.4) is 0 Å². The van der Waals surface area contributed by atoms with Crippen LogP contribution in [0.5, 0.6) is 0 Å².